The topological polar surface area (TPSA) is 64.3 Å². The first-order valence-electron chi connectivity index (χ1n) is 6.56. The summed E-state index contributed by atoms with van der Waals surface area (Å²) in [6.45, 7) is 2.15. The van der Waals surface area contributed by atoms with Crippen LogP contribution in [0, 0.1) is 5.82 Å². The molecule has 6 heteroatoms. The molecule has 1 heterocycles. The first kappa shape index (κ1) is 15.5. The van der Waals surface area contributed by atoms with E-state index in [1.165, 1.54) is 23.1 Å². The Hall–Kier alpha value is -1.92. The largest absolute Gasteiger partial charge is 0.396 e. The van der Waals surface area contributed by atoms with Crippen molar-refractivity contribution in [1.82, 2.24) is 0 Å². The van der Waals surface area contributed by atoms with Gasteiger partial charge in [-0.3, -0.25) is 4.79 Å². The van der Waals surface area contributed by atoms with Crippen LogP contribution in [0.1, 0.15) is 11.8 Å². The Morgan fingerprint density at radius 1 is 1.48 bits per heavy atom. The zero-order valence-corrected chi connectivity index (χ0v) is 12.5. The Kier molecular flexibility index (Phi) is 5.30. The summed E-state index contributed by atoms with van der Waals surface area (Å²) in [5, 5.41) is 4.65. The summed E-state index contributed by atoms with van der Waals surface area (Å²) in [7, 11) is 0. The van der Waals surface area contributed by atoms with E-state index in [2.05, 4.69) is 5.32 Å². The number of thiophene rings is 1. The van der Waals surface area contributed by atoms with Crippen LogP contribution < -0.4 is 11.1 Å². The lowest BCUT2D eigenvalue weighted by Gasteiger charge is -2.13. The maximum atomic E-state index is 13.0. The van der Waals surface area contributed by atoms with Crippen molar-refractivity contribution < 1.29 is 13.9 Å². The average Bonchev–Trinajstić information content (AvgIpc) is 2.96. The fourth-order valence-corrected chi connectivity index (χ4v) is 2.42. The van der Waals surface area contributed by atoms with E-state index >= 15 is 0 Å². The molecule has 1 aromatic carbocycles. The van der Waals surface area contributed by atoms with Gasteiger partial charge in [-0.1, -0.05) is 6.07 Å². The van der Waals surface area contributed by atoms with E-state index in [1.807, 2.05) is 17.5 Å². The van der Waals surface area contributed by atoms with E-state index < -0.39 is 11.9 Å². The van der Waals surface area contributed by atoms with Crippen LogP contribution in [-0.2, 0) is 16.0 Å². The van der Waals surface area contributed by atoms with Gasteiger partial charge in [0.05, 0.1) is 12.3 Å². The number of nitrogen functional groups attached to an aromatic ring is 1. The van der Waals surface area contributed by atoms with Gasteiger partial charge in [0, 0.05) is 17.0 Å². The molecule has 0 spiro atoms. The van der Waals surface area contributed by atoms with Crippen molar-refractivity contribution in [3.8, 4) is 0 Å². The van der Waals surface area contributed by atoms with Crippen LogP contribution in [0.5, 0.6) is 0 Å². The molecule has 112 valence electrons. The maximum Gasteiger partial charge on any atom is 0.253 e. The highest BCUT2D eigenvalue weighted by atomic mass is 32.1. The Balaban J connectivity index is 1.80. The molecule has 0 saturated heterocycles. The summed E-state index contributed by atoms with van der Waals surface area (Å²) in [5.74, 6) is -0.791. The number of amides is 1. The third kappa shape index (κ3) is 4.54. The van der Waals surface area contributed by atoms with Crippen molar-refractivity contribution in [3.63, 3.8) is 0 Å². The standard InChI is InChI=1S/C15H17FN2O2S/c1-10(20-7-6-12-3-2-8-21-12)15(19)18-11-4-5-13(16)14(17)9-11/h2-5,8-10H,6-7,17H2,1H3,(H,18,19). The predicted octanol–water partition coefficient (Wildman–Crippen LogP) is 3.06. The average molecular weight is 308 g/mol. The second kappa shape index (κ2) is 7.19. The predicted molar refractivity (Wildman–Crippen MR) is 82.9 cm³/mol. The number of anilines is 2. The zero-order chi connectivity index (χ0) is 15.2. The Morgan fingerprint density at radius 3 is 2.95 bits per heavy atom. The van der Waals surface area contributed by atoms with Crippen LogP contribution in [0.3, 0.4) is 0 Å². The van der Waals surface area contributed by atoms with Gasteiger partial charge >= 0.3 is 0 Å². The number of rotatable bonds is 6. The molecule has 4 nitrogen and oxygen atoms in total. The third-order valence-electron chi connectivity index (χ3n) is 2.93. The number of hydrogen-bond acceptors (Lipinski definition) is 4. The van der Waals surface area contributed by atoms with Gasteiger partial charge in [-0.25, -0.2) is 4.39 Å². The fourth-order valence-electron chi connectivity index (χ4n) is 1.73. The molecule has 0 aliphatic rings. The summed E-state index contributed by atoms with van der Waals surface area (Å²) in [4.78, 5) is 13.1. The highest BCUT2D eigenvalue weighted by Gasteiger charge is 2.14. The molecule has 1 amide bonds. The minimum absolute atomic E-state index is 0.000864. The molecule has 0 fully saturated rings. The van der Waals surface area contributed by atoms with Crippen LogP contribution in [0.4, 0.5) is 15.8 Å². The molecule has 0 radical (unpaired) electrons. The molecule has 1 aromatic heterocycles. The highest BCUT2D eigenvalue weighted by Crippen LogP contribution is 2.16. The number of carbonyl (C=O) groups excluding carboxylic acids is 1. The van der Waals surface area contributed by atoms with E-state index in [4.69, 9.17) is 10.5 Å². The smallest absolute Gasteiger partial charge is 0.253 e. The van der Waals surface area contributed by atoms with Gasteiger partial charge in [0.15, 0.2) is 0 Å². The molecule has 21 heavy (non-hydrogen) atoms. The monoisotopic (exact) mass is 308 g/mol. The molecule has 1 unspecified atom stereocenters. The lowest BCUT2D eigenvalue weighted by atomic mass is 10.2. The molecule has 2 rings (SSSR count). The van der Waals surface area contributed by atoms with Gasteiger partial charge in [0.2, 0.25) is 0 Å². The Morgan fingerprint density at radius 2 is 2.29 bits per heavy atom. The lowest BCUT2D eigenvalue weighted by Crippen LogP contribution is -2.28. The van der Waals surface area contributed by atoms with Crippen LogP contribution in [0.25, 0.3) is 0 Å². The number of nitrogens with one attached hydrogen (secondary N) is 1. The van der Waals surface area contributed by atoms with E-state index in [0.717, 1.165) is 6.42 Å². The molecular weight excluding hydrogens is 291 g/mol. The van der Waals surface area contributed by atoms with Gasteiger partial charge in [-0.2, -0.15) is 0 Å². The SMILES string of the molecule is CC(OCCc1cccs1)C(=O)Nc1ccc(F)c(N)c1. The van der Waals surface area contributed by atoms with E-state index in [0.29, 0.717) is 12.3 Å². The summed E-state index contributed by atoms with van der Waals surface area (Å²) < 4.78 is 18.5. The van der Waals surface area contributed by atoms with Gasteiger partial charge in [0.25, 0.3) is 5.91 Å². The van der Waals surface area contributed by atoms with E-state index in [9.17, 15) is 9.18 Å². The molecule has 0 bridgehead atoms. The van der Waals surface area contributed by atoms with Gasteiger partial charge < -0.3 is 15.8 Å². The first-order valence-corrected chi connectivity index (χ1v) is 7.44. The summed E-state index contributed by atoms with van der Waals surface area (Å²) >= 11 is 1.66. The molecule has 0 aliphatic carbocycles. The summed E-state index contributed by atoms with van der Waals surface area (Å²) in [6, 6.07) is 8.07. The van der Waals surface area contributed by atoms with Crippen molar-refractivity contribution in [2.75, 3.05) is 17.7 Å². The molecule has 2 aromatic rings. The number of hydrogen-bond donors (Lipinski definition) is 2. The fraction of sp³-hybridized carbons (Fsp3) is 0.267. The first-order chi connectivity index (χ1) is 10.1. The van der Waals surface area contributed by atoms with Crippen molar-refractivity contribution >= 4 is 28.6 Å². The van der Waals surface area contributed by atoms with Crippen molar-refractivity contribution in [3.05, 3.63) is 46.4 Å². The number of benzene rings is 1. The molecule has 3 N–H and O–H groups in total. The molecule has 0 saturated carbocycles. The van der Waals surface area contributed by atoms with Crippen LogP contribution in [0.2, 0.25) is 0 Å². The summed E-state index contributed by atoms with van der Waals surface area (Å²) in [5.41, 5.74) is 5.90. The molecule has 0 aliphatic heterocycles. The number of nitrogens with two attached hydrogens (primary N) is 1. The van der Waals surface area contributed by atoms with Crippen molar-refractivity contribution in [2.45, 2.75) is 19.4 Å². The molecular formula is C15H17FN2O2S. The third-order valence-corrected chi connectivity index (χ3v) is 3.87. The normalized spacial score (nSPS) is 12.1. The second-order valence-corrected chi connectivity index (χ2v) is 5.60. The van der Waals surface area contributed by atoms with E-state index in [-0.39, 0.29) is 11.6 Å². The minimum atomic E-state index is -0.587. The number of carbonyl (C=O) groups is 1. The highest BCUT2D eigenvalue weighted by molar-refractivity contribution is 7.09. The Labute approximate surface area is 126 Å². The van der Waals surface area contributed by atoms with Crippen molar-refractivity contribution in [2.24, 2.45) is 0 Å². The van der Waals surface area contributed by atoms with Crippen LogP contribution in [-0.4, -0.2) is 18.6 Å². The van der Waals surface area contributed by atoms with Gasteiger partial charge in [0.1, 0.15) is 11.9 Å². The van der Waals surface area contributed by atoms with Gasteiger partial charge in [-0.05, 0) is 36.6 Å². The van der Waals surface area contributed by atoms with Crippen LogP contribution in [0.15, 0.2) is 35.7 Å². The Bertz CT molecular complexity index is 602. The zero-order valence-electron chi connectivity index (χ0n) is 11.6. The number of halogens is 1. The second-order valence-electron chi connectivity index (χ2n) is 4.57. The maximum absolute atomic E-state index is 13.0. The lowest BCUT2D eigenvalue weighted by molar-refractivity contribution is -0.126. The number of ether oxygens (including phenoxy) is 1. The minimum Gasteiger partial charge on any atom is -0.396 e. The quantitative estimate of drug-likeness (QED) is 0.806. The van der Waals surface area contributed by atoms with E-state index in [1.54, 1.807) is 18.3 Å². The van der Waals surface area contributed by atoms with Crippen LogP contribution >= 0.6 is 11.3 Å². The van der Waals surface area contributed by atoms with Crippen molar-refractivity contribution in [1.29, 1.82) is 0 Å². The molecule has 1 atom stereocenters. The van der Waals surface area contributed by atoms with Gasteiger partial charge in [-0.15, -0.1) is 11.3 Å². The summed E-state index contributed by atoms with van der Waals surface area (Å²) in [6.07, 6.45) is 0.190.